The van der Waals surface area contributed by atoms with Crippen molar-refractivity contribution in [3.63, 3.8) is 0 Å². The smallest absolute Gasteiger partial charge is 0.305 e. The summed E-state index contributed by atoms with van der Waals surface area (Å²) in [5.41, 5.74) is -0.838. The Hall–Kier alpha value is -1.49. The van der Waals surface area contributed by atoms with Gasteiger partial charge in [0, 0.05) is 5.56 Å². The molecule has 0 spiro atoms. The van der Waals surface area contributed by atoms with E-state index >= 15 is 0 Å². The molecule has 0 aromatic heterocycles. The summed E-state index contributed by atoms with van der Waals surface area (Å²) >= 11 is 0. The third-order valence-corrected chi connectivity index (χ3v) is 3.31. The summed E-state index contributed by atoms with van der Waals surface area (Å²) in [7, 11) is 3.28. The van der Waals surface area contributed by atoms with Crippen LogP contribution in [0.4, 0.5) is 8.78 Å². The summed E-state index contributed by atoms with van der Waals surface area (Å²) in [5, 5.41) is 8.93. The molecule has 18 heavy (non-hydrogen) atoms. The van der Waals surface area contributed by atoms with E-state index in [0.717, 1.165) is 12.1 Å². The Bertz CT molecular complexity index is 474. The zero-order chi connectivity index (χ0) is 14.1. The van der Waals surface area contributed by atoms with Crippen molar-refractivity contribution >= 4 is 5.97 Å². The van der Waals surface area contributed by atoms with Gasteiger partial charge in [-0.15, -0.1) is 0 Å². The number of rotatable bonds is 4. The molecule has 1 unspecified atom stereocenters. The standard InChI is InChI=1S/C13H17F2NO2/c1-8-5-11(15)9(6-10(8)14)13(2,16(3)4)7-12(17)18/h5-6H,7H2,1-4H3,(H,17,18). The van der Waals surface area contributed by atoms with Gasteiger partial charge in [0.05, 0.1) is 12.0 Å². The first-order valence-corrected chi connectivity index (χ1v) is 5.54. The van der Waals surface area contributed by atoms with E-state index in [-0.39, 0.29) is 17.5 Å². The van der Waals surface area contributed by atoms with E-state index < -0.39 is 23.1 Å². The van der Waals surface area contributed by atoms with Crippen LogP contribution in [0.3, 0.4) is 0 Å². The maximum Gasteiger partial charge on any atom is 0.305 e. The second-order valence-electron chi connectivity index (χ2n) is 4.82. The van der Waals surface area contributed by atoms with Crippen molar-refractivity contribution < 1.29 is 18.7 Å². The van der Waals surface area contributed by atoms with Crippen LogP contribution in [0, 0.1) is 18.6 Å². The Morgan fingerprint density at radius 3 is 2.33 bits per heavy atom. The predicted molar refractivity (Wildman–Crippen MR) is 64.4 cm³/mol. The molecular formula is C13H17F2NO2. The second kappa shape index (κ2) is 5.02. The SMILES string of the molecule is Cc1cc(F)c(C(C)(CC(=O)O)N(C)C)cc1F. The van der Waals surface area contributed by atoms with E-state index in [2.05, 4.69) is 0 Å². The molecule has 5 heteroatoms. The van der Waals surface area contributed by atoms with Gasteiger partial charge in [-0.3, -0.25) is 9.69 Å². The first kappa shape index (κ1) is 14.6. The Morgan fingerprint density at radius 1 is 1.33 bits per heavy atom. The lowest BCUT2D eigenvalue weighted by atomic mass is 9.86. The maximum atomic E-state index is 14.0. The Morgan fingerprint density at radius 2 is 1.89 bits per heavy atom. The predicted octanol–water partition coefficient (Wildman–Crippen LogP) is 2.52. The van der Waals surface area contributed by atoms with Crippen LogP contribution in [0.5, 0.6) is 0 Å². The van der Waals surface area contributed by atoms with Crippen LogP contribution in [0.2, 0.25) is 0 Å². The molecule has 1 aromatic carbocycles. The lowest BCUT2D eigenvalue weighted by Crippen LogP contribution is -2.41. The van der Waals surface area contributed by atoms with Crippen molar-refractivity contribution in [3.05, 3.63) is 34.9 Å². The van der Waals surface area contributed by atoms with E-state index in [9.17, 15) is 13.6 Å². The van der Waals surface area contributed by atoms with Gasteiger partial charge in [-0.1, -0.05) is 0 Å². The minimum Gasteiger partial charge on any atom is -0.481 e. The molecule has 0 saturated carbocycles. The zero-order valence-corrected chi connectivity index (χ0v) is 10.9. The van der Waals surface area contributed by atoms with E-state index in [1.807, 2.05) is 0 Å². The summed E-state index contributed by atoms with van der Waals surface area (Å²) in [4.78, 5) is 12.5. The number of aryl methyl sites for hydroxylation is 1. The van der Waals surface area contributed by atoms with Crippen LogP contribution in [-0.2, 0) is 10.3 Å². The molecule has 0 fully saturated rings. The van der Waals surface area contributed by atoms with Gasteiger partial charge >= 0.3 is 5.97 Å². The fourth-order valence-corrected chi connectivity index (χ4v) is 1.85. The molecule has 0 bridgehead atoms. The van der Waals surface area contributed by atoms with E-state index in [1.165, 1.54) is 6.92 Å². The van der Waals surface area contributed by atoms with Gasteiger partial charge in [0.25, 0.3) is 0 Å². The highest BCUT2D eigenvalue weighted by molar-refractivity contribution is 5.69. The third-order valence-electron chi connectivity index (χ3n) is 3.31. The summed E-state index contributed by atoms with van der Waals surface area (Å²) in [6, 6.07) is 2.17. The van der Waals surface area contributed by atoms with Gasteiger partial charge in [-0.25, -0.2) is 8.78 Å². The number of nitrogens with zero attached hydrogens (tertiary/aromatic N) is 1. The van der Waals surface area contributed by atoms with Gasteiger partial charge in [-0.05, 0) is 45.6 Å². The zero-order valence-electron chi connectivity index (χ0n) is 10.9. The van der Waals surface area contributed by atoms with Crippen molar-refractivity contribution in [3.8, 4) is 0 Å². The molecular weight excluding hydrogens is 240 g/mol. The summed E-state index contributed by atoms with van der Waals surface area (Å²) in [6.07, 6.45) is -0.306. The molecule has 1 rings (SSSR count). The van der Waals surface area contributed by atoms with Crippen LogP contribution in [-0.4, -0.2) is 30.1 Å². The fourth-order valence-electron chi connectivity index (χ4n) is 1.85. The number of hydrogen-bond donors (Lipinski definition) is 1. The summed E-state index contributed by atoms with van der Waals surface area (Å²) in [5.74, 6) is -2.19. The van der Waals surface area contributed by atoms with E-state index in [0.29, 0.717) is 0 Å². The lowest BCUT2D eigenvalue weighted by molar-refractivity contribution is -0.140. The Kier molecular flexibility index (Phi) is 4.06. The highest BCUT2D eigenvalue weighted by Crippen LogP contribution is 2.33. The van der Waals surface area contributed by atoms with Crippen LogP contribution in [0.15, 0.2) is 12.1 Å². The normalized spacial score (nSPS) is 14.6. The molecule has 0 heterocycles. The van der Waals surface area contributed by atoms with Crippen LogP contribution < -0.4 is 0 Å². The van der Waals surface area contributed by atoms with Crippen molar-refractivity contribution in [2.75, 3.05) is 14.1 Å². The lowest BCUT2D eigenvalue weighted by Gasteiger charge is -2.36. The van der Waals surface area contributed by atoms with Crippen LogP contribution in [0.25, 0.3) is 0 Å². The first-order valence-electron chi connectivity index (χ1n) is 5.54. The average molecular weight is 257 g/mol. The molecule has 0 amide bonds. The minimum absolute atomic E-state index is 0.0537. The maximum absolute atomic E-state index is 14.0. The molecule has 0 saturated heterocycles. The molecule has 1 aromatic rings. The Balaban J connectivity index is 3.39. The average Bonchev–Trinajstić information content (AvgIpc) is 2.21. The topological polar surface area (TPSA) is 40.5 Å². The molecule has 0 aliphatic rings. The Labute approximate surface area is 105 Å². The molecule has 0 aliphatic heterocycles. The van der Waals surface area contributed by atoms with Gasteiger partial charge < -0.3 is 5.11 Å². The first-order chi connectivity index (χ1) is 8.18. The van der Waals surface area contributed by atoms with E-state index in [4.69, 9.17) is 5.11 Å². The van der Waals surface area contributed by atoms with Crippen LogP contribution in [0.1, 0.15) is 24.5 Å². The number of carboxylic acids is 1. The largest absolute Gasteiger partial charge is 0.481 e. The van der Waals surface area contributed by atoms with Crippen molar-refractivity contribution in [1.29, 1.82) is 0 Å². The molecule has 1 N–H and O–H groups in total. The monoisotopic (exact) mass is 257 g/mol. The number of carboxylic acid groups (broad SMARTS) is 1. The summed E-state index contributed by atoms with van der Waals surface area (Å²) in [6.45, 7) is 3.04. The molecule has 100 valence electrons. The molecule has 0 aliphatic carbocycles. The number of halogens is 2. The van der Waals surface area contributed by atoms with Crippen molar-refractivity contribution in [2.24, 2.45) is 0 Å². The minimum atomic E-state index is -1.09. The fraction of sp³-hybridized carbons (Fsp3) is 0.462. The number of carbonyl (C=O) groups is 1. The highest BCUT2D eigenvalue weighted by Gasteiger charge is 2.35. The molecule has 1 atom stereocenters. The van der Waals surface area contributed by atoms with Gasteiger partial charge in [0.1, 0.15) is 11.6 Å². The van der Waals surface area contributed by atoms with Gasteiger partial charge in [0.15, 0.2) is 0 Å². The quantitative estimate of drug-likeness (QED) is 0.901. The van der Waals surface area contributed by atoms with Crippen molar-refractivity contribution in [2.45, 2.75) is 25.8 Å². The highest BCUT2D eigenvalue weighted by atomic mass is 19.1. The van der Waals surface area contributed by atoms with Crippen molar-refractivity contribution in [1.82, 2.24) is 4.90 Å². The molecule has 3 nitrogen and oxygen atoms in total. The van der Waals surface area contributed by atoms with Gasteiger partial charge in [-0.2, -0.15) is 0 Å². The second-order valence-corrected chi connectivity index (χ2v) is 4.82. The number of benzene rings is 1. The number of aliphatic carboxylic acids is 1. The molecule has 0 radical (unpaired) electrons. The third kappa shape index (κ3) is 2.67. The number of hydrogen-bond acceptors (Lipinski definition) is 2. The van der Waals surface area contributed by atoms with Gasteiger partial charge in [0.2, 0.25) is 0 Å². The van der Waals surface area contributed by atoms with E-state index in [1.54, 1.807) is 25.9 Å². The summed E-state index contributed by atoms with van der Waals surface area (Å²) < 4.78 is 27.5. The van der Waals surface area contributed by atoms with Crippen LogP contribution >= 0.6 is 0 Å².